The lowest BCUT2D eigenvalue weighted by Crippen LogP contribution is -2.04. The second kappa shape index (κ2) is 2.90. The van der Waals surface area contributed by atoms with E-state index in [1.807, 2.05) is 24.3 Å². The highest BCUT2D eigenvalue weighted by Gasteiger charge is 1.98. The molecule has 0 saturated carbocycles. The summed E-state index contributed by atoms with van der Waals surface area (Å²) in [5.74, 6) is 0. The van der Waals surface area contributed by atoms with Crippen molar-refractivity contribution in [3.63, 3.8) is 0 Å². The molecule has 1 aromatic carbocycles. The van der Waals surface area contributed by atoms with Crippen molar-refractivity contribution < 1.29 is 0 Å². The van der Waals surface area contributed by atoms with E-state index in [4.69, 9.17) is 0 Å². The number of fused-ring (bicyclic) bond motifs is 1. The predicted octanol–water partition coefficient (Wildman–Crippen LogP) is 2.13. The average molecular weight is 271 g/mol. The Balaban J connectivity index is 3.05. The van der Waals surface area contributed by atoms with E-state index in [2.05, 4.69) is 27.6 Å². The van der Waals surface area contributed by atoms with Gasteiger partial charge in [-0.1, -0.05) is 6.07 Å². The van der Waals surface area contributed by atoms with Gasteiger partial charge in [0, 0.05) is 20.5 Å². The highest BCUT2D eigenvalue weighted by Crippen LogP contribution is 2.16. The molecule has 0 radical (unpaired) electrons. The van der Waals surface area contributed by atoms with Gasteiger partial charge in [-0.15, -0.1) is 0 Å². The van der Waals surface area contributed by atoms with Crippen molar-refractivity contribution >= 4 is 33.4 Å². The summed E-state index contributed by atoms with van der Waals surface area (Å²) in [6, 6.07) is 7.62. The summed E-state index contributed by atoms with van der Waals surface area (Å²) in [7, 11) is 0. The number of hydrogen-bond acceptors (Lipinski definition) is 1. The van der Waals surface area contributed by atoms with Crippen LogP contribution in [0.2, 0.25) is 0 Å². The summed E-state index contributed by atoms with van der Waals surface area (Å²) in [5, 5.41) is 1.77. The number of hydrogen-bond donors (Lipinski definition) is 1. The third kappa shape index (κ3) is 1.14. The number of H-pyrrole nitrogens is 1. The van der Waals surface area contributed by atoms with Crippen LogP contribution in [0.25, 0.3) is 10.8 Å². The molecule has 3 heteroatoms. The maximum Gasteiger partial charge on any atom is 0.255 e. The van der Waals surface area contributed by atoms with E-state index in [0.717, 1.165) is 14.3 Å². The molecule has 60 valence electrons. The zero-order valence-corrected chi connectivity index (χ0v) is 8.33. The van der Waals surface area contributed by atoms with E-state index in [0.29, 0.717) is 0 Å². The third-order valence-corrected chi connectivity index (χ3v) is 2.70. The quantitative estimate of drug-likeness (QED) is 0.731. The summed E-state index contributed by atoms with van der Waals surface area (Å²) >= 11 is 2.22. The molecule has 0 fully saturated rings. The molecule has 0 atom stereocenters. The minimum absolute atomic E-state index is 0.0222. The third-order valence-electron chi connectivity index (χ3n) is 1.76. The lowest BCUT2D eigenvalue weighted by atomic mass is 10.2. The van der Waals surface area contributed by atoms with E-state index < -0.39 is 0 Å². The molecule has 0 aliphatic heterocycles. The van der Waals surface area contributed by atoms with Crippen molar-refractivity contribution in [1.82, 2.24) is 4.98 Å². The van der Waals surface area contributed by atoms with Crippen LogP contribution in [0.5, 0.6) is 0 Å². The fraction of sp³-hybridized carbons (Fsp3) is 0. The monoisotopic (exact) mass is 271 g/mol. The molecule has 2 aromatic rings. The maximum atomic E-state index is 11.3. The van der Waals surface area contributed by atoms with Crippen LogP contribution in [0.3, 0.4) is 0 Å². The molecule has 0 amide bonds. The highest BCUT2D eigenvalue weighted by molar-refractivity contribution is 14.1. The lowest BCUT2D eigenvalue weighted by Gasteiger charge is -1.97. The van der Waals surface area contributed by atoms with E-state index in [1.165, 1.54) is 0 Å². The van der Waals surface area contributed by atoms with Gasteiger partial charge in [-0.3, -0.25) is 4.79 Å². The van der Waals surface area contributed by atoms with Gasteiger partial charge in [0.15, 0.2) is 0 Å². The Morgan fingerprint density at radius 3 is 2.75 bits per heavy atom. The van der Waals surface area contributed by atoms with Crippen molar-refractivity contribution in [3.05, 3.63) is 44.4 Å². The topological polar surface area (TPSA) is 32.9 Å². The Labute approximate surface area is 82.8 Å². The van der Waals surface area contributed by atoms with Crippen molar-refractivity contribution in [3.8, 4) is 0 Å². The van der Waals surface area contributed by atoms with Gasteiger partial charge in [-0.25, -0.2) is 0 Å². The molecule has 0 aliphatic rings. The second-order valence-corrected chi connectivity index (χ2v) is 3.67. The number of rotatable bonds is 0. The maximum absolute atomic E-state index is 11.3. The van der Waals surface area contributed by atoms with Crippen LogP contribution in [0.15, 0.2) is 35.3 Å². The van der Waals surface area contributed by atoms with Gasteiger partial charge in [0.25, 0.3) is 5.56 Å². The van der Waals surface area contributed by atoms with Crippen molar-refractivity contribution in [2.75, 3.05) is 0 Å². The fourth-order valence-electron chi connectivity index (χ4n) is 1.18. The Hall–Kier alpha value is -0.840. The van der Waals surface area contributed by atoms with Crippen LogP contribution in [-0.4, -0.2) is 4.98 Å². The van der Waals surface area contributed by atoms with Crippen LogP contribution < -0.4 is 5.56 Å². The minimum Gasteiger partial charge on any atom is -0.329 e. The molecular formula is C9H6INO. The molecule has 1 N–H and O–H groups in total. The molecule has 0 aliphatic carbocycles. The Bertz CT molecular complexity index is 475. The van der Waals surface area contributed by atoms with Crippen LogP contribution >= 0.6 is 22.6 Å². The molecule has 1 heterocycles. The van der Waals surface area contributed by atoms with Gasteiger partial charge >= 0.3 is 0 Å². The number of nitrogens with one attached hydrogen (secondary N) is 1. The highest BCUT2D eigenvalue weighted by atomic mass is 127. The largest absolute Gasteiger partial charge is 0.329 e. The van der Waals surface area contributed by atoms with Gasteiger partial charge in [0.05, 0.1) is 0 Å². The van der Waals surface area contributed by atoms with Crippen LogP contribution in [-0.2, 0) is 0 Å². The first-order valence-electron chi connectivity index (χ1n) is 3.55. The first kappa shape index (κ1) is 7.79. The molecule has 0 saturated heterocycles. The normalized spacial score (nSPS) is 10.4. The summed E-state index contributed by atoms with van der Waals surface area (Å²) in [5.41, 5.74) is -0.0222. The summed E-state index contributed by atoms with van der Waals surface area (Å²) in [4.78, 5) is 13.9. The number of pyridine rings is 1. The number of halogens is 1. The summed E-state index contributed by atoms with van der Waals surface area (Å²) in [6.45, 7) is 0. The smallest absolute Gasteiger partial charge is 0.255 e. The zero-order valence-electron chi connectivity index (χ0n) is 6.17. The lowest BCUT2D eigenvalue weighted by molar-refractivity contribution is 1.28. The van der Waals surface area contributed by atoms with Gasteiger partial charge in [0.2, 0.25) is 0 Å². The van der Waals surface area contributed by atoms with Crippen LogP contribution in [0, 0.1) is 3.57 Å². The molecule has 12 heavy (non-hydrogen) atoms. The zero-order chi connectivity index (χ0) is 8.55. The van der Waals surface area contributed by atoms with Crippen molar-refractivity contribution in [2.24, 2.45) is 0 Å². The Morgan fingerprint density at radius 2 is 2.00 bits per heavy atom. The van der Waals surface area contributed by atoms with E-state index in [9.17, 15) is 4.79 Å². The van der Waals surface area contributed by atoms with Crippen molar-refractivity contribution in [1.29, 1.82) is 0 Å². The van der Waals surface area contributed by atoms with Crippen LogP contribution in [0.1, 0.15) is 0 Å². The standard InChI is InChI=1S/C9H6INO/c10-8-3-1-2-7-6(8)4-5-11-9(7)12/h1-5H,(H,11,12). The number of aromatic nitrogens is 1. The minimum atomic E-state index is -0.0222. The Morgan fingerprint density at radius 1 is 1.17 bits per heavy atom. The molecule has 1 aromatic heterocycles. The molecule has 0 unspecified atom stereocenters. The molecule has 2 nitrogen and oxygen atoms in total. The number of aromatic amines is 1. The SMILES string of the molecule is O=c1[nH]ccc2c(I)cccc12. The van der Waals surface area contributed by atoms with Gasteiger partial charge in [-0.05, 0) is 40.8 Å². The van der Waals surface area contributed by atoms with Crippen LogP contribution in [0.4, 0.5) is 0 Å². The van der Waals surface area contributed by atoms with Gasteiger partial charge in [0.1, 0.15) is 0 Å². The van der Waals surface area contributed by atoms with Gasteiger partial charge in [-0.2, -0.15) is 0 Å². The molecule has 0 spiro atoms. The second-order valence-electron chi connectivity index (χ2n) is 2.51. The van der Waals surface area contributed by atoms with Gasteiger partial charge < -0.3 is 4.98 Å². The molecule has 2 rings (SSSR count). The summed E-state index contributed by atoms with van der Waals surface area (Å²) in [6.07, 6.45) is 1.67. The average Bonchev–Trinajstić information content (AvgIpc) is 2.07. The first-order valence-corrected chi connectivity index (χ1v) is 4.63. The van der Waals surface area contributed by atoms with Crippen molar-refractivity contribution in [2.45, 2.75) is 0 Å². The van der Waals surface area contributed by atoms with E-state index in [1.54, 1.807) is 6.20 Å². The molecular weight excluding hydrogens is 265 g/mol. The molecule has 0 bridgehead atoms. The fourth-order valence-corrected chi connectivity index (χ4v) is 1.86. The Kier molecular flexibility index (Phi) is 1.88. The van der Waals surface area contributed by atoms with E-state index in [-0.39, 0.29) is 5.56 Å². The predicted molar refractivity (Wildman–Crippen MR) is 57.3 cm³/mol. The number of benzene rings is 1. The van der Waals surface area contributed by atoms with E-state index >= 15 is 0 Å². The first-order chi connectivity index (χ1) is 5.79. The summed E-state index contributed by atoms with van der Waals surface area (Å²) < 4.78 is 1.11.